The van der Waals surface area contributed by atoms with Crippen LogP contribution in [0.3, 0.4) is 0 Å². The maximum atomic E-state index is 10.7. The minimum Gasteiger partial charge on any atom is -0.490 e. The van der Waals surface area contributed by atoms with Crippen LogP contribution in [-0.2, 0) is 0 Å². The van der Waals surface area contributed by atoms with Crippen molar-refractivity contribution in [1.82, 2.24) is 0 Å². The van der Waals surface area contributed by atoms with Crippen molar-refractivity contribution in [1.29, 1.82) is 0 Å². The SMILES string of the molecule is COc1cc(NCCCC(C)O)ccc1[N+](=O)[O-]. The maximum absolute atomic E-state index is 10.7. The van der Waals surface area contributed by atoms with E-state index in [1.54, 1.807) is 19.1 Å². The Bertz CT molecular complexity index is 407. The maximum Gasteiger partial charge on any atom is 0.311 e. The summed E-state index contributed by atoms with van der Waals surface area (Å²) in [5, 5.41) is 22.9. The number of anilines is 1. The van der Waals surface area contributed by atoms with Gasteiger partial charge in [0.1, 0.15) is 0 Å². The van der Waals surface area contributed by atoms with E-state index in [4.69, 9.17) is 9.84 Å². The molecule has 0 bridgehead atoms. The van der Waals surface area contributed by atoms with Crippen LogP contribution in [0.15, 0.2) is 18.2 Å². The van der Waals surface area contributed by atoms with Gasteiger partial charge in [0.05, 0.1) is 18.1 Å². The fraction of sp³-hybridized carbons (Fsp3) is 0.500. The Morgan fingerprint density at radius 3 is 2.83 bits per heavy atom. The lowest BCUT2D eigenvalue weighted by Crippen LogP contribution is -2.06. The van der Waals surface area contributed by atoms with Crippen LogP contribution in [0.5, 0.6) is 5.75 Å². The number of benzene rings is 1. The molecule has 0 fully saturated rings. The molecule has 0 aliphatic heterocycles. The second-order valence-electron chi connectivity index (χ2n) is 4.06. The molecule has 0 saturated carbocycles. The number of hydrogen-bond donors (Lipinski definition) is 2. The number of rotatable bonds is 7. The summed E-state index contributed by atoms with van der Waals surface area (Å²) in [7, 11) is 1.40. The van der Waals surface area contributed by atoms with E-state index in [0.29, 0.717) is 6.54 Å². The van der Waals surface area contributed by atoms with Crippen LogP contribution in [0.4, 0.5) is 11.4 Å². The first kappa shape index (κ1) is 14.2. The van der Waals surface area contributed by atoms with E-state index in [2.05, 4.69) is 5.32 Å². The molecule has 1 atom stereocenters. The van der Waals surface area contributed by atoms with Gasteiger partial charge in [0.25, 0.3) is 0 Å². The Morgan fingerprint density at radius 2 is 2.28 bits per heavy atom. The van der Waals surface area contributed by atoms with Gasteiger partial charge in [0.2, 0.25) is 0 Å². The van der Waals surface area contributed by atoms with Crippen molar-refractivity contribution in [3.05, 3.63) is 28.3 Å². The molecule has 0 aromatic heterocycles. The van der Waals surface area contributed by atoms with Crippen molar-refractivity contribution in [3.63, 3.8) is 0 Å². The van der Waals surface area contributed by atoms with E-state index in [-0.39, 0.29) is 17.5 Å². The van der Waals surface area contributed by atoms with E-state index < -0.39 is 4.92 Å². The fourth-order valence-corrected chi connectivity index (χ4v) is 1.57. The van der Waals surface area contributed by atoms with E-state index in [0.717, 1.165) is 18.5 Å². The average Bonchev–Trinajstić information content (AvgIpc) is 2.33. The smallest absolute Gasteiger partial charge is 0.311 e. The highest BCUT2D eigenvalue weighted by Crippen LogP contribution is 2.29. The predicted octanol–water partition coefficient (Wildman–Crippen LogP) is 2.18. The zero-order valence-corrected chi connectivity index (χ0v) is 10.5. The summed E-state index contributed by atoms with van der Waals surface area (Å²) in [5.41, 5.74) is 0.718. The van der Waals surface area contributed by atoms with Gasteiger partial charge < -0.3 is 15.2 Å². The van der Waals surface area contributed by atoms with Gasteiger partial charge in [-0.2, -0.15) is 0 Å². The number of aliphatic hydroxyl groups is 1. The van der Waals surface area contributed by atoms with E-state index in [9.17, 15) is 10.1 Å². The lowest BCUT2D eigenvalue weighted by atomic mass is 10.2. The molecule has 1 aromatic rings. The third kappa shape index (κ3) is 4.21. The molecule has 0 saturated heterocycles. The van der Waals surface area contributed by atoms with Crippen LogP contribution in [0.25, 0.3) is 0 Å². The predicted molar refractivity (Wildman–Crippen MR) is 69.1 cm³/mol. The van der Waals surface area contributed by atoms with Crippen molar-refractivity contribution in [2.45, 2.75) is 25.9 Å². The third-order valence-corrected chi connectivity index (χ3v) is 2.50. The van der Waals surface area contributed by atoms with Crippen molar-refractivity contribution in [2.75, 3.05) is 19.0 Å². The molecule has 100 valence electrons. The minimum absolute atomic E-state index is 0.0490. The fourth-order valence-electron chi connectivity index (χ4n) is 1.57. The number of aliphatic hydroxyl groups excluding tert-OH is 1. The van der Waals surface area contributed by atoms with Crippen molar-refractivity contribution in [2.24, 2.45) is 0 Å². The molecule has 0 amide bonds. The standard InChI is InChI=1S/C12H18N2O4/c1-9(15)4-3-7-13-10-5-6-11(14(16)17)12(8-10)18-2/h5-6,8-9,13,15H,3-4,7H2,1-2H3. The number of methoxy groups -OCH3 is 1. The molecule has 0 heterocycles. The van der Waals surface area contributed by atoms with Gasteiger partial charge in [-0.3, -0.25) is 10.1 Å². The zero-order chi connectivity index (χ0) is 13.5. The quantitative estimate of drug-likeness (QED) is 0.442. The lowest BCUT2D eigenvalue weighted by molar-refractivity contribution is -0.385. The second-order valence-corrected chi connectivity index (χ2v) is 4.06. The normalized spacial score (nSPS) is 11.9. The van der Waals surface area contributed by atoms with Crippen LogP contribution in [0, 0.1) is 10.1 Å². The number of nitro benzene ring substituents is 1. The van der Waals surface area contributed by atoms with Crippen molar-refractivity contribution >= 4 is 11.4 Å². The van der Waals surface area contributed by atoms with Crippen molar-refractivity contribution in [3.8, 4) is 5.75 Å². The average molecular weight is 254 g/mol. The van der Waals surface area contributed by atoms with E-state index in [1.807, 2.05) is 0 Å². The first-order valence-electron chi connectivity index (χ1n) is 5.79. The van der Waals surface area contributed by atoms with Crippen molar-refractivity contribution < 1.29 is 14.8 Å². The van der Waals surface area contributed by atoms with Crippen LogP contribution < -0.4 is 10.1 Å². The number of nitro groups is 1. The molecule has 1 rings (SSSR count). The minimum atomic E-state index is -0.476. The summed E-state index contributed by atoms with van der Waals surface area (Å²) >= 11 is 0. The highest BCUT2D eigenvalue weighted by Gasteiger charge is 2.14. The second kappa shape index (κ2) is 6.80. The number of nitrogens with zero attached hydrogens (tertiary/aromatic N) is 1. The molecular formula is C12H18N2O4. The highest BCUT2D eigenvalue weighted by molar-refractivity contribution is 5.57. The molecule has 0 aliphatic rings. The molecule has 18 heavy (non-hydrogen) atoms. The highest BCUT2D eigenvalue weighted by atomic mass is 16.6. The Morgan fingerprint density at radius 1 is 1.56 bits per heavy atom. The summed E-state index contributed by atoms with van der Waals surface area (Å²) in [6, 6.07) is 4.65. The van der Waals surface area contributed by atoms with Crippen LogP contribution >= 0.6 is 0 Å². The summed E-state index contributed by atoms with van der Waals surface area (Å²) in [5.74, 6) is 0.237. The van der Waals surface area contributed by atoms with Gasteiger partial charge in [-0.25, -0.2) is 0 Å². The first-order chi connectivity index (χ1) is 8.54. The van der Waals surface area contributed by atoms with Crippen LogP contribution in [0.1, 0.15) is 19.8 Å². The molecule has 0 aliphatic carbocycles. The van der Waals surface area contributed by atoms with Crippen LogP contribution in [0.2, 0.25) is 0 Å². The molecule has 2 N–H and O–H groups in total. The molecular weight excluding hydrogens is 236 g/mol. The Kier molecular flexibility index (Phi) is 5.38. The molecule has 6 heteroatoms. The molecule has 1 unspecified atom stereocenters. The van der Waals surface area contributed by atoms with Gasteiger partial charge in [-0.1, -0.05) is 0 Å². The van der Waals surface area contributed by atoms with E-state index >= 15 is 0 Å². The van der Waals surface area contributed by atoms with Gasteiger partial charge >= 0.3 is 5.69 Å². The first-order valence-corrected chi connectivity index (χ1v) is 5.79. The lowest BCUT2D eigenvalue weighted by Gasteiger charge is -2.09. The Balaban J connectivity index is 2.60. The van der Waals surface area contributed by atoms with Crippen LogP contribution in [-0.4, -0.2) is 29.8 Å². The Hall–Kier alpha value is -1.82. The molecule has 6 nitrogen and oxygen atoms in total. The molecule has 0 radical (unpaired) electrons. The topological polar surface area (TPSA) is 84.6 Å². The number of nitrogens with one attached hydrogen (secondary N) is 1. The molecule has 0 spiro atoms. The molecule has 1 aromatic carbocycles. The summed E-state index contributed by atoms with van der Waals surface area (Å²) in [4.78, 5) is 10.2. The van der Waals surface area contributed by atoms with Gasteiger partial charge in [-0.15, -0.1) is 0 Å². The monoisotopic (exact) mass is 254 g/mol. The van der Waals surface area contributed by atoms with Gasteiger partial charge in [-0.05, 0) is 25.8 Å². The summed E-state index contributed by atoms with van der Waals surface area (Å²) in [6.07, 6.45) is 1.24. The van der Waals surface area contributed by atoms with Gasteiger partial charge in [0, 0.05) is 24.4 Å². The number of ether oxygens (including phenoxy) is 1. The van der Waals surface area contributed by atoms with E-state index in [1.165, 1.54) is 13.2 Å². The summed E-state index contributed by atoms with van der Waals surface area (Å²) < 4.78 is 4.97. The van der Waals surface area contributed by atoms with Gasteiger partial charge in [0.15, 0.2) is 5.75 Å². The number of hydrogen-bond acceptors (Lipinski definition) is 5. The Labute approximate surface area is 106 Å². The summed E-state index contributed by atoms with van der Waals surface area (Å²) in [6.45, 7) is 2.45. The zero-order valence-electron chi connectivity index (χ0n) is 10.5. The third-order valence-electron chi connectivity index (χ3n) is 2.50. The largest absolute Gasteiger partial charge is 0.490 e.